The van der Waals surface area contributed by atoms with E-state index in [9.17, 15) is 4.79 Å². The Labute approximate surface area is 126 Å². The first-order valence-electron chi connectivity index (χ1n) is 8.84. The lowest BCUT2D eigenvalue weighted by Crippen LogP contribution is -2.12. The number of carbonyl (C=O) groups excluding carboxylic acids is 1. The van der Waals surface area contributed by atoms with Gasteiger partial charge in [-0.3, -0.25) is 4.79 Å². The van der Waals surface area contributed by atoms with Crippen molar-refractivity contribution in [2.75, 3.05) is 6.61 Å². The van der Waals surface area contributed by atoms with Crippen LogP contribution in [-0.2, 0) is 9.53 Å². The largest absolute Gasteiger partial charge is 0.466 e. The minimum absolute atomic E-state index is 0.133. The molecule has 0 rings (SSSR count). The van der Waals surface area contributed by atoms with E-state index in [1.54, 1.807) is 0 Å². The van der Waals surface area contributed by atoms with Crippen LogP contribution >= 0.6 is 0 Å². The van der Waals surface area contributed by atoms with Crippen LogP contribution in [0.3, 0.4) is 0 Å². The van der Waals surface area contributed by atoms with Crippen molar-refractivity contribution >= 4 is 5.97 Å². The van der Waals surface area contributed by atoms with E-state index in [0.717, 1.165) is 0 Å². The second-order valence-corrected chi connectivity index (χ2v) is 6.07. The molecule has 0 fully saturated rings. The van der Waals surface area contributed by atoms with Crippen molar-refractivity contribution in [3.05, 3.63) is 0 Å². The van der Waals surface area contributed by atoms with E-state index in [4.69, 9.17) is 4.74 Å². The molecular weight excluding hydrogens is 248 g/mol. The van der Waals surface area contributed by atoms with Crippen molar-refractivity contribution in [1.29, 1.82) is 0 Å². The van der Waals surface area contributed by atoms with Gasteiger partial charge in [-0.05, 0) is 18.8 Å². The van der Waals surface area contributed by atoms with Crippen molar-refractivity contribution in [3.63, 3.8) is 0 Å². The quantitative estimate of drug-likeness (QED) is 0.294. The van der Waals surface area contributed by atoms with Crippen molar-refractivity contribution in [3.8, 4) is 0 Å². The Kier molecular flexibility index (Phi) is 14.5. The van der Waals surface area contributed by atoms with Gasteiger partial charge in [-0.2, -0.15) is 0 Å². The first kappa shape index (κ1) is 19.5. The molecule has 0 aliphatic heterocycles. The molecule has 0 aliphatic carbocycles. The van der Waals surface area contributed by atoms with Crippen LogP contribution in [0.25, 0.3) is 0 Å². The smallest absolute Gasteiger partial charge is 0.302 e. The second kappa shape index (κ2) is 14.9. The summed E-state index contributed by atoms with van der Waals surface area (Å²) in [5.74, 6) is 0.452. The molecule has 0 saturated heterocycles. The summed E-state index contributed by atoms with van der Waals surface area (Å²) in [5, 5.41) is 0. The zero-order valence-electron chi connectivity index (χ0n) is 14.1. The molecule has 0 aromatic carbocycles. The van der Waals surface area contributed by atoms with Gasteiger partial charge >= 0.3 is 5.97 Å². The molecule has 0 aromatic rings. The van der Waals surface area contributed by atoms with Gasteiger partial charge in [-0.25, -0.2) is 0 Å². The molecule has 2 nitrogen and oxygen atoms in total. The summed E-state index contributed by atoms with van der Waals surface area (Å²) >= 11 is 0. The van der Waals surface area contributed by atoms with Crippen LogP contribution in [0, 0.1) is 5.92 Å². The SMILES string of the molecule is CCCCCCCCC(CCCCCC)COC(C)=O. The topological polar surface area (TPSA) is 26.3 Å². The highest BCUT2D eigenvalue weighted by molar-refractivity contribution is 5.65. The zero-order valence-corrected chi connectivity index (χ0v) is 14.1. The number of hydrogen-bond acceptors (Lipinski definition) is 2. The van der Waals surface area contributed by atoms with Crippen molar-refractivity contribution in [2.24, 2.45) is 5.92 Å². The Balaban J connectivity index is 3.71. The molecule has 1 atom stereocenters. The third-order valence-corrected chi connectivity index (χ3v) is 3.95. The summed E-state index contributed by atoms with van der Waals surface area (Å²) in [6.07, 6.45) is 15.7. The number of carbonyl (C=O) groups is 1. The maximum Gasteiger partial charge on any atom is 0.302 e. The molecule has 0 heterocycles. The standard InChI is InChI=1S/C18H36O2/c1-4-6-8-10-11-13-15-18(16-20-17(3)19)14-12-9-7-5-2/h18H,4-16H2,1-3H3. The van der Waals surface area contributed by atoms with Crippen LogP contribution in [0.5, 0.6) is 0 Å². The fraction of sp³-hybridized carbons (Fsp3) is 0.944. The van der Waals surface area contributed by atoms with Gasteiger partial charge in [0.1, 0.15) is 0 Å². The van der Waals surface area contributed by atoms with Crippen molar-refractivity contribution in [1.82, 2.24) is 0 Å². The van der Waals surface area contributed by atoms with Gasteiger partial charge in [0.25, 0.3) is 0 Å². The molecule has 2 heteroatoms. The van der Waals surface area contributed by atoms with Gasteiger partial charge in [0, 0.05) is 6.92 Å². The summed E-state index contributed by atoms with van der Waals surface area (Å²) in [5.41, 5.74) is 0. The third kappa shape index (κ3) is 13.9. The molecule has 0 amide bonds. The molecule has 0 radical (unpaired) electrons. The average Bonchev–Trinajstić information content (AvgIpc) is 2.43. The highest BCUT2D eigenvalue weighted by atomic mass is 16.5. The molecule has 20 heavy (non-hydrogen) atoms. The Morgan fingerprint density at radius 1 is 0.800 bits per heavy atom. The molecule has 120 valence electrons. The van der Waals surface area contributed by atoms with Crippen molar-refractivity contribution < 1.29 is 9.53 Å². The number of esters is 1. The maximum absolute atomic E-state index is 11.0. The fourth-order valence-corrected chi connectivity index (χ4v) is 2.62. The van der Waals surface area contributed by atoms with E-state index in [1.807, 2.05) is 0 Å². The van der Waals surface area contributed by atoms with E-state index < -0.39 is 0 Å². The first-order valence-corrected chi connectivity index (χ1v) is 8.84. The highest BCUT2D eigenvalue weighted by Gasteiger charge is 2.10. The number of unbranched alkanes of at least 4 members (excludes halogenated alkanes) is 8. The normalized spacial score (nSPS) is 12.3. The maximum atomic E-state index is 11.0. The minimum atomic E-state index is -0.133. The molecular formula is C18H36O2. The van der Waals surface area contributed by atoms with Crippen LogP contribution in [0.2, 0.25) is 0 Å². The number of ether oxygens (including phenoxy) is 1. The van der Waals surface area contributed by atoms with E-state index >= 15 is 0 Å². The molecule has 0 spiro atoms. The monoisotopic (exact) mass is 284 g/mol. The van der Waals surface area contributed by atoms with E-state index in [-0.39, 0.29) is 5.97 Å². The lowest BCUT2D eigenvalue weighted by atomic mass is 9.95. The minimum Gasteiger partial charge on any atom is -0.466 e. The summed E-state index contributed by atoms with van der Waals surface area (Å²) in [6, 6.07) is 0. The summed E-state index contributed by atoms with van der Waals surface area (Å²) < 4.78 is 5.22. The van der Waals surface area contributed by atoms with E-state index in [1.165, 1.54) is 84.0 Å². The van der Waals surface area contributed by atoms with Gasteiger partial charge in [-0.15, -0.1) is 0 Å². The Bertz CT molecular complexity index is 213. The van der Waals surface area contributed by atoms with Gasteiger partial charge in [0.2, 0.25) is 0 Å². The summed E-state index contributed by atoms with van der Waals surface area (Å²) in [7, 11) is 0. The van der Waals surface area contributed by atoms with Gasteiger partial charge in [0.15, 0.2) is 0 Å². The number of rotatable bonds is 14. The van der Waals surface area contributed by atoms with Crippen LogP contribution in [-0.4, -0.2) is 12.6 Å². The molecule has 1 unspecified atom stereocenters. The predicted octanol–water partition coefficient (Wildman–Crippen LogP) is 5.89. The van der Waals surface area contributed by atoms with Crippen LogP contribution < -0.4 is 0 Å². The van der Waals surface area contributed by atoms with E-state index in [2.05, 4.69) is 13.8 Å². The second-order valence-electron chi connectivity index (χ2n) is 6.07. The molecule has 0 bridgehead atoms. The van der Waals surface area contributed by atoms with Crippen LogP contribution in [0.15, 0.2) is 0 Å². The molecule has 0 saturated carbocycles. The fourth-order valence-electron chi connectivity index (χ4n) is 2.62. The third-order valence-electron chi connectivity index (χ3n) is 3.95. The Hall–Kier alpha value is -0.530. The van der Waals surface area contributed by atoms with Gasteiger partial charge < -0.3 is 4.74 Å². The van der Waals surface area contributed by atoms with Gasteiger partial charge in [0.05, 0.1) is 6.61 Å². The first-order chi connectivity index (χ1) is 9.70. The average molecular weight is 284 g/mol. The molecule has 0 aliphatic rings. The molecule has 0 aromatic heterocycles. The zero-order chi connectivity index (χ0) is 15.1. The van der Waals surface area contributed by atoms with Crippen LogP contribution in [0.4, 0.5) is 0 Å². The summed E-state index contributed by atoms with van der Waals surface area (Å²) in [6.45, 7) is 6.65. The lowest BCUT2D eigenvalue weighted by molar-refractivity contribution is -0.142. The van der Waals surface area contributed by atoms with Crippen molar-refractivity contribution in [2.45, 2.75) is 97.8 Å². The van der Waals surface area contributed by atoms with Gasteiger partial charge in [-0.1, -0.05) is 78.1 Å². The predicted molar refractivity (Wildman–Crippen MR) is 86.9 cm³/mol. The van der Waals surface area contributed by atoms with E-state index in [0.29, 0.717) is 12.5 Å². The summed E-state index contributed by atoms with van der Waals surface area (Å²) in [4.78, 5) is 11.0. The molecule has 0 N–H and O–H groups in total. The number of hydrogen-bond donors (Lipinski definition) is 0. The van der Waals surface area contributed by atoms with Crippen LogP contribution in [0.1, 0.15) is 97.8 Å². The highest BCUT2D eigenvalue weighted by Crippen LogP contribution is 2.19. The Morgan fingerprint density at radius 3 is 1.75 bits per heavy atom. The lowest BCUT2D eigenvalue weighted by Gasteiger charge is -2.16. The Morgan fingerprint density at radius 2 is 1.25 bits per heavy atom.